The second-order valence-corrected chi connectivity index (χ2v) is 8.69. The van der Waals surface area contributed by atoms with Crippen LogP contribution in [0, 0.1) is 0 Å². The summed E-state index contributed by atoms with van der Waals surface area (Å²) in [6.45, 7) is -3.46. The Morgan fingerprint density at radius 2 is 1.51 bits per heavy atom. The summed E-state index contributed by atoms with van der Waals surface area (Å²) >= 11 is 5.76. The Kier molecular flexibility index (Phi) is 8.05. The Labute approximate surface area is 206 Å². The Morgan fingerprint density at radius 3 is 2.05 bits per heavy atom. The monoisotopic (exact) mass is 568 g/mol. The number of halogens is 10. The molecule has 3 rings (SSSR count). The van der Waals surface area contributed by atoms with Gasteiger partial charge in [-0.05, 0) is 25.7 Å². The number of hydrogen-bond donors (Lipinski definition) is 2. The van der Waals surface area contributed by atoms with E-state index in [9.17, 15) is 49.1 Å². The quantitative estimate of drug-likeness (QED) is 0.504. The lowest BCUT2D eigenvalue weighted by molar-refractivity contribution is -0.148. The molecule has 37 heavy (non-hydrogen) atoms. The van der Waals surface area contributed by atoms with E-state index in [1.165, 1.54) is 0 Å². The number of carbonyl (C=O) groups is 1. The maximum Gasteiger partial charge on any atom is 0.421 e. The number of nitrogens with zero attached hydrogens (tertiary/aromatic N) is 4. The summed E-state index contributed by atoms with van der Waals surface area (Å²) < 4.78 is 115. The molecule has 2 N–H and O–H groups in total. The van der Waals surface area contributed by atoms with E-state index in [0.717, 1.165) is 6.20 Å². The van der Waals surface area contributed by atoms with Gasteiger partial charge in [0.15, 0.2) is 5.15 Å². The lowest BCUT2D eigenvalue weighted by Crippen LogP contribution is -2.40. The van der Waals surface area contributed by atoms with E-state index in [0.29, 0.717) is 10.7 Å². The highest BCUT2D eigenvalue weighted by atomic mass is 35.5. The molecule has 2 aromatic rings. The predicted molar refractivity (Wildman–Crippen MR) is 110 cm³/mol. The van der Waals surface area contributed by atoms with Gasteiger partial charge in [-0.1, -0.05) is 11.6 Å². The molecule has 1 aliphatic rings. The molecule has 2 heterocycles. The van der Waals surface area contributed by atoms with Crippen LogP contribution >= 0.6 is 11.6 Å². The first-order valence-electron chi connectivity index (χ1n) is 10.5. The van der Waals surface area contributed by atoms with Crippen LogP contribution < -0.4 is 16.2 Å². The van der Waals surface area contributed by atoms with Gasteiger partial charge in [0, 0.05) is 24.3 Å². The molecule has 18 heteroatoms. The molecule has 0 atom stereocenters. The zero-order valence-corrected chi connectivity index (χ0v) is 19.2. The van der Waals surface area contributed by atoms with Gasteiger partial charge < -0.3 is 10.6 Å². The van der Waals surface area contributed by atoms with Gasteiger partial charge in [0.2, 0.25) is 0 Å². The minimum atomic E-state index is -5.21. The van der Waals surface area contributed by atoms with Gasteiger partial charge in [-0.3, -0.25) is 14.3 Å². The average Bonchev–Trinajstić information content (AvgIpc) is 3.08. The van der Waals surface area contributed by atoms with Crippen molar-refractivity contribution in [2.24, 2.45) is 0 Å². The van der Waals surface area contributed by atoms with E-state index in [4.69, 9.17) is 11.6 Å². The smallest absolute Gasteiger partial charge is 0.366 e. The number of aromatic nitrogens is 4. The van der Waals surface area contributed by atoms with E-state index in [1.807, 2.05) is 0 Å². The highest BCUT2D eigenvalue weighted by Gasteiger charge is 2.38. The maximum absolute atomic E-state index is 13.2. The van der Waals surface area contributed by atoms with Gasteiger partial charge in [0.1, 0.15) is 24.5 Å². The molecule has 0 aliphatic heterocycles. The van der Waals surface area contributed by atoms with E-state index < -0.39 is 71.7 Å². The largest absolute Gasteiger partial charge is 0.421 e. The third-order valence-electron chi connectivity index (χ3n) is 5.33. The summed E-state index contributed by atoms with van der Waals surface area (Å²) in [6.07, 6.45) is -12.9. The summed E-state index contributed by atoms with van der Waals surface area (Å²) in [5.74, 6) is -1.35. The van der Waals surface area contributed by atoms with E-state index in [2.05, 4.69) is 20.8 Å². The molecule has 1 fully saturated rings. The SMILES string of the molecule is O=C(NC1CCC(Nc2cc(C(F)(F)F)c(=O)n(CC(F)(F)F)n2)CC1)c1cn(CC(F)(F)F)nc1Cl. The van der Waals surface area contributed by atoms with Gasteiger partial charge in [0.05, 0.1) is 5.56 Å². The molecule has 0 aromatic carbocycles. The van der Waals surface area contributed by atoms with Crippen molar-refractivity contribution < 1.29 is 44.3 Å². The average molecular weight is 569 g/mol. The predicted octanol–water partition coefficient (Wildman–Crippen LogP) is 4.39. The van der Waals surface area contributed by atoms with E-state index >= 15 is 0 Å². The summed E-state index contributed by atoms with van der Waals surface area (Å²) in [5, 5.41) is 11.6. The lowest BCUT2D eigenvalue weighted by atomic mass is 9.91. The molecule has 0 unspecified atom stereocenters. The lowest BCUT2D eigenvalue weighted by Gasteiger charge is -2.30. The molecule has 0 bridgehead atoms. The van der Waals surface area contributed by atoms with Crippen molar-refractivity contribution in [3.63, 3.8) is 0 Å². The van der Waals surface area contributed by atoms with Crippen LogP contribution in [-0.2, 0) is 19.3 Å². The highest BCUT2D eigenvalue weighted by molar-refractivity contribution is 6.32. The molecule has 1 saturated carbocycles. The maximum atomic E-state index is 13.2. The Morgan fingerprint density at radius 1 is 0.946 bits per heavy atom. The van der Waals surface area contributed by atoms with Crippen LogP contribution in [0.15, 0.2) is 17.1 Å². The Bertz CT molecular complexity index is 1180. The Balaban J connectivity index is 1.64. The van der Waals surface area contributed by atoms with Crippen LogP contribution in [0.3, 0.4) is 0 Å². The summed E-state index contributed by atoms with van der Waals surface area (Å²) in [6, 6.07) is -0.675. The molecule has 2 aromatic heterocycles. The number of amides is 1. The van der Waals surface area contributed by atoms with Crippen molar-refractivity contribution in [2.75, 3.05) is 5.32 Å². The first-order chi connectivity index (χ1) is 16.9. The number of rotatable bonds is 6. The molecular weight excluding hydrogens is 551 g/mol. The highest BCUT2D eigenvalue weighted by Crippen LogP contribution is 2.29. The van der Waals surface area contributed by atoms with Crippen molar-refractivity contribution in [3.8, 4) is 0 Å². The first-order valence-corrected chi connectivity index (χ1v) is 10.9. The fourth-order valence-electron chi connectivity index (χ4n) is 3.76. The number of anilines is 1. The van der Waals surface area contributed by atoms with Gasteiger partial charge in [-0.25, -0.2) is 4.68 Å². The van der Waals surface area contributed by atoms with Gasteiger partial charge in [-0.2, -0.15) is 49.7 Å². The molecular formula is C19H18ClF9N6O2. The van der Waals surface area contributed by atoms with E-state index in [-0.39, 0.29) is 35.9 Å². The van der Waals surface area contributed by atoms with Crippen LogP contribution in [-0.4, -0.2) is 49.9 Å². The number of carbonyl (C=O) groups excluding carboxylic acids is 1. The summed E-state index contributed by atoms with van der Waals surface area (Å²) in [4.78, 5) is 24.2. The van der Waals surface area contributed by atoms with Crippen molar-refractivity contribution in [1.82, 2.24) is 24.9 Å². The van der Waals surface area contributed by atoms with Crippen LogP contribution in [0.1, 0.15) is 41.6 Å². The summed E-state index contributed by atoms with van der Waals surface area (Å²) in [5.41, 5.74) is -4.01. The zero-order chi connectivity index (χ0) is 27.8. The Hall–Kier alpha value is -2.98. The zero-order valence-electron chi connectivity index (χ0n) is 18.4. The third-order valence-corrected chi connectivity index (χ3v) is 5.60. The fourth-order valence-corrected chi connectivity index (χ4v) is 3.99. The second kappa shape index (κ2) is 10.4. The van der Waals surface area contributed by atoms with Gasteiger partial charge in [0.25, 0.3) is 11.5 Å². The van der Waals surface area contributed by atoms with Crippen molar-refractivity contribution in [1.29, 1.82) is 0 Å². The fraction of sp³-hybridized carbons (Fsp3) is 0.579. The summed E-state index contributed by atoms with van der Waals surface area (Å²) in [7, 11) is 0. The molecule has 0 spiro atoms. The topological polar surface area (TPSA) is 93.8 Å². The molecule has 0 saturated heterocycles. The first kappa shape index (κ1) is 28.6. The molecule has 1 aliphatic carbocycles. The van der Waals surface area contributed by atoms with Crippen molar-refractivity contribution in [2.45, 2.75) is 69.4 Å². The number of hydrogen-bond acceptors (Lipinski definition) is 5. The number of alkyl halides is 9. The third kappa shape index (κ3) is 8.00. The molecule has 206 valence electrons. The molecule has 1 amide bonds. The van der Waals surface area contributed by atoms with Crippen LogP contribution in [0.4, 0.5) is 45.3 Å². The van der Waals surface area contributed by atoms with Gasteiger partial charge in [-0.15, -0.1) is 0 Å². The minimum Gasteiger partial charge on any atom is -0.366 e. The van der Waals surface area contributed by atoms with Crippen molar-refractivity contribution >= 4 is 23.3 Å². The minimum absolute atomic E-state index is 0.243. The second-order valence-electron chi connectivity index (χ2n) is 8.33. The van der Waals surface area contributed by atoms with Crippen LogP contribution in [0.2, 0.25) is 5.15 Å². The van der Waals surface area contributed by atoms with Gasteiger partial charge >= 0.3 is 18.5 Å². The molecule has 0 radical (unpaired) electrons. The normalized spacial score (nSPS) is 19.1. The standard InChI is InChI=1S/C19H18ClF9N6O2/c20-14-11(6-34(33-14)7-17(21,22)23)15(36)31-10-3-1-9(2-4-10)30-13-5-12(19(27,28)29)16(37)35(32-13)8-18(24,25)26/h5-6,9-10H,1-4,7-8H2,(H,30,32)(H,31,36). The van der Waals surface area contributed by atoms with Crippen molar-refractivity contribution in [3.05, 3.63) is 38.9 Å². The van der Waals surface area contributed by atoms with Crippen LogP contribution in [0.5, 0.6) is 0 Å². The number of nitrogens with one attached hydrogen (secondary N) is 2. The van der Waals surface area contributed by atoms with Crippen LogP contribution in [0.25, 0.3) is 0 Å². The van der Waals surface area contributed by atoms with E-state index in [1.54, 1.807) is 0 Å². The molecule has 8 nitrogen and oxygen atoms in total.